The molecule has 0 spiro atoms. The molecule has 1 aliphatic rings. The normalized spacial score (nSPS) is 16.5. The maximum atomic E-state index is 13.0. The fraction of sp³-hybridized carbons (Fsp3) is 0.143. The molecule has 6 nitrogen and oxygen atoms in total. The number of Topliss-reactive ketones (excluding diaryl/α,β-unsaturated/α-hetero) is 1. The lowest BCUT2D eigenvalue weighted by atomic mass is 10.1. The molecule has 0 radical (unpaired) electrons. The maximum Gasteiger partial charge on any atom is 0.229 e. The van der Waals surface area contributed by atoms with Gasteiger partial charge in [0.15, 0.2) is 5.84 Å². The second kappa shape index (κ2) is 6.02. The number of methoxy groups -OCH3 is 1. The second-order valence-corrected chi connectivity index (χ2v) is 6.62. The summed E-state index contributed by atoms with van der Waals surface area (Å²) in [5, 5.41) is 5.32. The van der Waals surface area contributed by atoms with Gasteiger partial charge in [0.05, 0.1) is 25.3 Å². The monoisotopic (exact) mass is 358 g/mol. The Labute approximate surface area is 155 Å². The highest BCUT2D eigenvalue weighted by molar-refractivity contribution is 6.47. The SMILES string of the molecule is COc1ccc2c(C(=O)C3=NCC(c4c[nH]c5ccccc45)N3)c[nH]c2c1. The third kappa shape index (κ3) is 2.49. The van der Waals surface area contributed by atoms with Crippen molar-refractivity contribution in [2.45, 2.75) is 6.04 Å². The van der Waals surface area contributed by atoms with Gasteiger partial charge in [-0.05, 0) is 18.2 Å². The van der Waals surface area contributed by atoms with E-state index in [0.29, 0.717) is 17.9 Å². The van der Waals surface area contributed by atoms with Crippen molar-refractivity contribution in [3.63, 3.8) is 0 Å². The first-order chi connectivity index (χ1) is 13.2. The number of fused-ring (bicyclic) bond motifs is 2. The van der Waals surface area contributed by atoms with E-state index in [0.717, 1.165) is 33.1 Å². The van der Waals surface area contributed by atoms with Gasteiger partial charge in [0.25, 0.3) is 0 Å². The summed E-state index contributed by atoms with van der Waals surface area (Å²) in [6, 6.07) is 13.8. The molecule has 1 aliphatic heterocycles. The van der Waals surface area contributed by atoms with Crippen LogP contribution in [0.2, 0.25) is 0 Å². The summed E-state index contributed by atoms with van der Waals surface area (Å²) in [5.74, 6) is 1.05. The number of nitrogens with one attached hydrogen (secondary N) is 3. The van der Waals surface area contributed by atoms with Crippen molar-refractivity contribution in [2.24, 2.45) is 4.99 Å². The average molecular weight is 358 g/mol. The Hall–Kier alpha value is -3.54. The van der Waals surface area contributed by atoms with Crippen molar-refractivity contribution >= 4 is 33.4 Å². The van der Waals surface area contributed by atoms with Gasteiger partial charge in [0, 0.05) is 45.8 Å². The molecule has 4 aromatic rings. The van der Waals surface area contributed by atoms with Gasteiger partial charge in [0.2, 0.25) is 5.78 Å². The standard InChI is InChI=1S/C21H18N4O2/c1-27-12-6-7-14-16(10-23-18(14)8-12)20(26)21-24-11-19(25-21)15-9-22-17-5-3-2-4-13(15)17/h2-10,19,22-23H,11H2,1H3,(H,24,25). The highest BCUT2D eigenvalue weighted by atomic mass is 16.5. The molecule has 3 heterocycles. The van der Waals surface area contributed by atoms with E-state index < -0.39 is 0 Å². The minimum absolute atomic E-state index is 0.00889. The quantitative estimate of drug-likeness (QED) is 0.488. The number of ether oxygens (including phenoxy) is 1. The number of aromatic nitrogens is 2. The van der Waals surface area contributed by atoms with Gasteiger partial charge in [0.1, 0.15) is 5.75 Å². The number of benzene rings is 2. The van der Waals surface area contributed by atoms with Crippen LogP contribution in [0.1, 0.15) is 22.0 Å². The highest BCUT2D eigenvalue weighted by Gasteiger charge is 2.27. The number of para-hydroxylation sites is 1. The molecule has 1 unspecified atom stereocenters. The molecule has 2 aromatic carbocycles. The molecule has 5 rings (SSSR count). The molecule has 1 atom stereocenters. The molecule has 0 bridgehead atoms. The molecule has 134 valence electrons. The third-order valence-corrected chi connectivity index (χ3v) is 5.09. The van der Waals surface area contributed by atoms with Crippen molar-refractivity contribution in [1.82, 2.24) is 15.3 Å². The molecule has 6 heteroatoms. The number of amidine groups is 1. The molecular formula is C21H18N4O2. The van der Waals surface area contributed by atoms with E-state index in [1.54, 1.807) is 13.3 Å². The summed E-state index contributed by atoms with van der Waals surface area (Å²) >= 11 is 0. The van der Waals surface area contributed by atoms with Gasteiger partial charge in [-0.25, -0.2) is 0 Å². The van der Waals surface area contributed by atoms with E-state index in [2.05, 4.69) is 26.3 Å². The van der Waals surface area contributed by atoms with Crippen molar-refractivity contribution in [3.05, 3.63) is 66.0 Å². The van der Waals surface area contributed by atoms with Gasteiger partial charge < -0.3 is 20.0 Å². The Balaban J connectivity index is 1.42. The topological polar surface area (TPSA) is 82.3 Å². The van der Waals surface area contributed by atoms with Gasteiger partial charge in [-0.1, -0.05) is 18.2 Å². The van der Waals surface area contributed by atoms with Gasteiger partial charge in [-0.2, -0.15) is 0 Å². The lowest BCUT2D eigenvalue weighted by Gasteiger charge is -2.10. The molecule has 0 aliphatic carbocycles. The minimum atomic E-state index is -0.103. The van der Waals surface area contributed by atoms with Crippen LogP contribution >= 0.6 is 0 Å². The minimum Gasteiger partial charge on any atom is -0.497 e. The molecule has 3 N–H and O–H groups in total. The van der Waals surface area contributed by atoms with Gasteiger partial charge in [-0.15, -0.1) is 0 Å². The van der Waals surface area contributed by atoms with Crippen LogP contribution in [0.3, 0.4) is 0 Å². The summed E-state index contributed by atoms with van der Waals surface area (Å²) in [6.07, 6.45) is 3.72. The number of hydrogen-bond donors (Lipinski definition) is 3. The zero-order valence-corrected chi connectivity index (χ0v) is 14.7. The van der Waals surface area contributed by atoms with E-state index >= 15 is 0 Å². The molecular weight excluding hydrogens is 340 g/mol. The Bertz CT molecular complexity index is 1200. The van der Waals surface area contributed by atoms with Crippen molar-refractivity contribution in [2.75, 3.05) is 13.7 Å². The zero-order chi connectivity index (χ0) is 18.4. The van der Waals surface area contributed by atoms with E-state index in [9.17, 15) is 4.79 Å². The van der Waals surface area contributed by atoms with Gasteiger partial charge >= 0.3 is 0 Å². The highest BCUT2D eigenvalue weighted by Crippen LogP contribution is 2.28. The Morgan fingerprint density at radius 3 is 2.81 bits per heavy atom. The Morgan fingerprint density at radius 1 is 1.07 bits per heavy atom. The largest absolute Gasteiger partial charge is 0.497 e. The fourth-order valence-corrected chi connectivity index (χ4v) is 3.68. The smallest absolute Gasteiger partial charge is 0.229 e. The maximum absolute atomic E-state index is 13.0. The molecule has 0 amide bonds. The number of carbonyl (C=O) groups is 1. The summed E-state index contributed by atoms with van der Waals surface area (Å²) < 4.78 is 5.24. The first-order valence-electron chi connectivity index (χ1n) is 8.81. The van der Waals surface area contributed by atoms with E-state index in [-0.39, 0.29) is 11.8 Å². The molecule has 0 saturated heterocycles. The number of H-pyrrole nitrogens is 2. The number of aromatic amines is 2. The van der Waals surface area contributed by atoms with Crippen molar-refractivity contribution < 1.29 is 9.53 Å². The van der Waals surface area contributed by atoms with Crippen LogP contribution in [0.5, 0.6) is 5.75 Å². The van der Waals surface area contributed by atoms with Crippen LogP contribution in [0.15, 0.2) is 59.9 Å². The van der Waals surface area contributed by atoms with Crippen LogP contribution in [0.4, 0.5) is 0 Å². The predicted molar refractivity (Wildman–Crippen MR) is 106 cm³/mol. The van der Waals surface area contributed by atoms with Gasteiger partial charge in [-0.3, -0.25) is 9.79 Å². The number of ketones is 1. The molecule has 27 heavy (non-hydrogen) atoms. The van der Waals surface area contributed by atoms with Crippen molar-refractivity contribution in [1.29, 1.82) is 0 Å². The summed E-state index contributed by atoms with van der Waals surface area (Å²) in [7, 11) is 1.62. The first-order valence-corrected chi connectivity index (χ1v) is 8.81. The Morgan fingerprint density at radius 2 is 1.93 bits per heavy atom. The number of nitrogens with zero attached hydrogens (tertiary/aromatic N) is 1. The lowest BCUT2D eigenvalue weighted by Crippen LogP contribution is -2.29. The van der Waals surface area contributed by atoms with E-state index in [1.165, 1.54) is 0 Å². The van der Waals surface area contributed by atoms with Crippen LogP contribution in [0.25, 0.3) is 21.8 Å². The van der Waals surface area contributed by atoms with Crippen LogP contribution in [-0.4, -0.2) is 35.2 Å². The fourth-order valence-electron chi connectivity index (χ4n) is 3.68. The molecule has 0 saturated carbocycles. The summed E-state index contributed by atoms with van der Waals surface area (Å²) in [5.41, 5.74) is 3.68. The number of rotatable bonds is 4. The lowest BCUT2D eigenvalue weighted by molar-refractivity contribution is 0.106. The van der Waals surface area contributed by atoms with Crippen LogP contribution in [0, 0.1) is 0 Å². The van der Waals surface area contributed by atoms with E-state index in [1.807, 2.05) is 42.6 Å². The number of hydrogen-bond acceptors (Lipinski definition) is 4. The predicted octanol–water partition coefficient (Wildman–Crippen LogP) is 3.58. The summed E-state index contributed by atoms with van der Waals surface area (Å²) in [4.78, 5) is 23.9. The first kappa shape index (κ1) is 15.7. The molecule has 0 fully saturated rings. The van der Waals surface area contributed by atoms with E-state index in [4.69, 9.17) is 4.74 Å². The third-order valence-electron chi connectivity index (χ3n) is 5.09. The summed E-state index contributed by atoms with van der Waals surface area (Å²) in [6.45, 7) is 0.541. The zero-order valence-electron chi connectivity index (χ0n) is 14.7. The van der Waals surface area contributed by atoms with Crippen molar-refractivity contribution in [3.8, 4) is 5.75 Å². The number of carbonyl (C=O) groups excluding carboxylic acids is 1. The Kier molecular flexibility index (Phi) is 3.50. The van der Waals surface area contributed by atoms with Crippen LogP contribution < -0.4 is 10.1 Å². The van der Waals surface area contributed by atoms with Crippen LogP contribution in [-0.2, 0) is 0 Å². The second-order valence-electron chi connectivity index (χ2n) is 6.62. The number of aliphatic imine (C=N–C) groups is 1. The average Bonchev–Trinajstić information content (AvgIpc) is 3.43. The molecule has 2 aromatic heterocycles.